The quantitative estimate of drug-likeness (QED) is 0.900. The van der Waals surface area contributed by atoms with E-state index in [-0.39, 0.29) is 23.3 Å². The molecule has 6 nitrogen and oxygen atoms in total. The summed E-state index contributed by atoms with van der Waals surface area (Å²) >= 11 is 0. The number of ether oxygens (including phenoxy) is 1. The topological polar surface area (TPSA) is 71.6 Å². The van der Waals surface area contributed by atoms with Gasteiger partial charge in [-0.3, -0.25) is 0 Å². The summed E-state index contributed by atoms with van der Waals surface area (Å²) in [6, 6.07) is 3.56. The maximum atomic E-state index is 13.2. The van der Waals surface area contributed by atoms with Crippen molar-refractivity contribution < 1.29 is 18.8 Å². The third kappa shape index (κ3) is 2.50. The Hall–Kier alpha value is -1.99. The monoisotopic (exact) mass is 279 g/mol. The van der Waals surface area contributed by atoms with Crippen molar-refractivity contribution in [1.29, 1.82) is 0 Å². The molecule has 1 aliphatic rings. The lowest BCUT2D eigenvalue weighted by atomic mass is 10.2. The Labute approximate surface area is 114 Å². The molecule has 7 heteroatoms. The first-order chi connectivity index (χ1) is 9.63. The standard InChI is InChI=1S/C13H14FN3O3/c1-17-4-5-19-11(7-17)12-15-13(20-16-12)9-6-8(14)2-3-10(9)18/h2-3,6,11,18H,4-5,7H2,1H3. The minimum Gasteiger partial charge on any atom is -0.507 e. The van der Waals surface area contributed by atoms with Crippen molar-refractivity contribution in [3.63, 3.8) is 0 Å². The first-order valence-corrected chi connectivity index (χ1v) is 6.26. The van der Waals surface area contributed by atoms with Crippen LogP contribution in [0.1, 0.15) is 11.9 Å². The fourth-order valence-corrected chi connectivity index (χ4v) is 2.09. The van der Waals surface area contributed by atoms with Crippen molar-refractivity contribution in [2.75, 3.05) is 26.7 Å². The molecule has 0 bridgehead atoms. The number of rotatable bonds is 2. The molecule has 0 amide bonds. The van der Waals surface area contributed by atoms with Crippen LogP contribution in [0.5, 0.6) is 5.75 Å². The molecule has 1 atom stereocenters. The van der Waals surface area contributed by atoms with Gasteiger partial charge in [0.1, 0.15) is 17.7 Å². The van der Waals surface area contributed by atoms with Crippen LogP contribution in [-0.4, -0.2) is 46.9 Å². The fourth-order valence-electron chi connectivity index (χ4n) is 2.09. The Bertz CT molecular complexity index is 617. The van der Waals surface area contributed by atoms with E-state index in [1.54, 1.807) is 0 Å². The van der Waals surface area contributed by atoms with Crippen LogP contribution in [0.25, 0.3) is 11.5 Å². The average molecular weight is 279 g/mol. The van der Waals surface area contributed by atoms with Gasteiger partial charge in [-0.05, 0) is 25.2 Å². The normalized spacial score (nSPS) is 20.2. The highest BCUT2D eigenvalue weighted by molar-refractivity contribution is 5.61. The number of halogens is 1. The molecule has 1 unspecified atom stereocenters. The minimum absolute atomic E-state index is 0.0776. The van der Waals surface area contributed by atoms with Crippen LogP contribution in [0.2, 0.25) is 0 Å². The summed E-state index contributed by atoms with van der Waals surface area (Å²) in [5.41, 5.74) is 0.174. The minimum atomic E-state index is -0.480. The third-order valence-electron chi connectivity index (χ3n) is 3.19. The van der Waals surface area contributed by atoms with E-state index < -0.39 is 5.82 Å². The van der Waals surface area contributed by atoms with E-state index in [1.165, 1.54) is 6.07 Å². The van der Waals surface area contributed by atoms with E-state index in [0.717, 1.165) is 18.7 Å². The van der Waals surface area contributed by atoms with Gasteiger partial charge in [0, 0.05) is 13.1 Å². The number of hydrogen-bond donors (Lipinski definition) is 1. The molecule has 0 spiro atoms. The van der Waals surface area contributed by atoms with Gasteiger partial charge in [0.2, 0.25) is 5.82 Å². The highest BCUT2D eigenvalue weighted by atomic mass is 19.1. The summed E-state index contributed by atoms with van der Waals surface area (Å²) in [5, 5.41) is 13.6. The molecule has 1 aromatic carbocycles. The molecule has 0 radical (unpaired) electrons. The summed E-state index contributed by atoms with van der Waals surface area (Å²) in [6.07, 6.45) is -0.276. The molecule has 106 valence electrons. The van der Waals surface area contributed by atoms with Crippen molar-refractivity contribution >= 4 is 0 Å². The number of likely N-dealkylation sites (N-methyl/N-ethyl adjacent to an activating group) is 1. The van der Waals surface area contributed by atoms with Crippen molar-refractivity contribution in [1.82, 2.24) is 15.0 Å². The van der Waals surface area contributed by atoms with Crippen LogP contribution in [0.3, 0.4) is 0 Å². The second-order valence-electron chi connectivity index (χ2n) is 4.74. The van der Waals surface area contributed by atoms with Gasteiger partial charge in [0.15, 0.2) is 0 Å². The molecular weight excluding hydrogens is 265 g/mol. The number of phenolic OH excluding ortho intramolecular Hbond substituents is 1. The van der Waals surface area contributed by atoms with Crippen molar-refractivity contribution in [3.05, 3.63) is 29.8 Å². The third-order valence-corrected chi connectivity index (χ3v) is 3.19. The summed E-state index contributed by atoms with van der Waals surface area (Å²) < 4.78 is 23.9. The first kappa shape index (κ1) is 13.0. The number of benzene rings is 1. The molecular formula is C13H14FN3O3. The van der Waals surface area contributed by atoms with E-state index >= 15 is 0 Å². The molecule has 3 rings (SSSR count). The number of hydrogen-bond acceptors (Lipinski definition) is 6. The number of aromatic nitrogens is 2. The van der Waals surface area contributed by atoms with Crippen LogP contribution in [-0.2, 0) is 4.74 Å². The maximum Gasteiger partial charge on any atom is 0.261 e. The molecule has 1 fully saturated rings. The van der Waals surface area contributed by atoms with Gasteiger partial charge in [-0.2, -0.15) is 4.98 Å². The van der Waals surface area contributed by atoms with E-state index in [4.69, 9.17) is 9.26 Å². The van der Waals surface area contributed by atoms with E-state index in [9.17, 15) is 9.50 Å². The molecule has 2 heterocycles. The smallest absolute Gasteiger partial charge is 0.261 e. The van der Waals surface area contributed by atoms with Crippen LogP contribution in [0.4, 0.5) is 4.39 Å². The van der Waals surface area contributed by atoms with Crippen LogP contribution in [0, 0.1) is 5.82 Å². The Morgan fingerprint density at radius 2 is 2.30 bits per heavy atom. The molecule has 2 aromatic rings. The summed E-state index contributed by atoms with van der Waals surface area (Å²) in [7, 11) is 1.98. The van der Waals surface area contributed by atoms with E-state index in [0.29, 0.717) is 19.0 Å². The van der Waals surface area contributed by atoms with Gasteiger partial charge >= 0.3 is 0 Å². The second-order valence-corrected chi connectivity index (χ2v) is 4.74. The van der Waals surface area contributed by atoms with Crippen molar-refractivity contribution in [2.24, 2.45) is 0 Å². The fraction of sp³-hybridized carbons (Fsp3) is 0.385. The highest BCUT2D eigenvalue weighted by Crippen LogP contribution is 2.30. The van der Waals surface area contributed by atoms with Gasteiger partial charge in [0.05, 0.1) is 12.2 Å². The van der Waals surface area contributed by atoms with Crippen LogP contribution < -0.4 is 0 Å². The van der Waals surface area contributed by atoms with E-state index in [1.807, 2.05) is 7.05 Å². The van der Waals surface area contributed by atoms with Crippen molar-refractivity contribution in [2.45, 2.75) is 6.10 Å². The zero-order valence-corrected chi connectivity index (χ0v) is 10.9. The second kappa shape index (κ2) is 5.18. The maximum absolute atomic E-state index is 13.2. The van der Waals surface area contributed by atoms with Gasteiger partial charge in [-0.25, -0.2) is 4.39 Å². The summed E-state index contributed by atoms with van der Waals surface area (Å²) in [6.45, 7) is 2.11. The first-order valence-electron chi connectivity index (χ1n) is 6.26. The Balaban J connectivity index is 1.88. The van der Waals surface area contributed by atoms with E-state index in [2.05, 4.69) is 15.0 Å². The lowest BCUT2D eigenvalue weighted by Gasteiger charge is -2.27. The number of aromatic hydroxyl groups is 1. The predicted molar refractivity (Wildman–Crippen MR) is 67.5 cm³/mol. The van der Waals surface area contributed by atoms with Gasteiger partial charge in [-0.15, -0.1) is 0 Å². The lowest BCUT2D eigenvalue weighted by Crippen LogP contribution is -2.35. The number of phenols is 1. The average Bonchev–Trinajstić information content (AvgIpc) is 2.91. The molecule has 0 aliphatic carbocycles. The summed E-state index contributed by atoms with van der Waals surface area (Å²) in [4.78, 5) is 6.29. The number of morpholine rings is 1. The van der Waals surface area contributed by atoms with Crippen LogP contribution >= 0.6 is 0 Å². The van der Waals surface area contributed by atoms with Crippen LogP contribution in [0.15, 0.2) is 22.7 Å². The predicted octanol–water partition coefficient (Wildman–Crippen LogP) is 1.58. The highest BCUT2D eigenvalue weighted by Gasteiger charge is 2.25. The zero-order valence-electron chi connectivity index (χ0n) is 10.9. The van der Waals surface area contributed by atoms with Gasteiger partial charge in [0.25, 0.3) is 5.89 Å². The zero-order chi connectivity index (χ0) is 14.1. The molecule has 20 heavy (non-hydrogen) atoms. The lowest BCUT2D eigenvalue weighted by molar-refractivity contribution is -0.0264. The summed E-state index contributed by atoms with van der Waals surface area (Å²) in [5.74, 6) is -0.112. The van der Waals surface area contributed by atoms with Crippen molar-refractivity contribution in [3.8, 4) is 17.2 Å². The van der Waals surface area contributed by atoms with Gasteiger partial charge in [-0.1, -0.05) is 5.16 Å². The number of nitrogens with zero attached hydrogens (tertiary/aromatic N) is 3. The largest absolute Gasteiger partial charge is 0.507 e. The molecule has 0 saturated carbocycles. The Morgan fingerprint density at radius 3 is 3.10 bits per heavy atom. The van der Waals surface area contributed by atoms with Gasteiger partial charge < -0.3 is 19.3 Å². The molecule has 1 N–H and O–H groups in total. The Kier molecular flexibility index (Phi) is 3.37. The SMILES string of the molecule is CN1CCOC(c2noc(-c3cc(F)ccc3O)n2)C1. The molecule has 1 aromatic heterocycles. The molecule has 1 aliphatic heterocycles. The Morgan fingerprint density at radius 1 is 1.45 bits per heavy atom. The molecule has 1 saturated heterocycles.